The van der Waals surface area contributed by atoms with Gasteiger partial charge in [-0.05, 0) is 73.0 Å². The lowest BCUT2D eigenvalue weighted by Gasteiger charge is -2.35. The summed E-state index contributed by atoms with van der Waals surface area (Å²) >= 11 is 3.75. The Kier molecular flexibility index (Phi) is 6.52. The van der Waals surface area contributed by atoms with Crippen molar-refractivity contribution in [2.45, 2.75) is 26.3 Å². The number of nitrogens with one attached hydrogen (secondary N) is 1. The molecule has 1 aromatic carbocycles. The minimum absolute atomic E-state index is 0.850. The standard InChI is InChI=1S/C17H28BrN3/c1-4-19-12-15-5-6-17(16(18)11-15)21-9-7-14(8-10-21)13-20(2)3/h5-6,11,14,19H,4,7-10,12-13H2,1-3H3. The summed E-state index contributed by atoms with van der Waals surface area (Å²) in [6.07, 6.45) is 2.59. The molecule has 1 saturated heterocycles. The average molecular weight is 354 g/mol. The fourth-order valence-corrected chi connectivity index (χ4v) is 3.74. The van der Waals surface area contributed by atoms with Gasteiger partial charge in [-0.25, -0.2) is 0 Å². The van der Waals surface area contributed by atoms with Crippen molar-refractivity contribution in [2.75, 3.05) is 45.2 Å². The van der Waals surface area contributed by atoms with Gasteiger partial charge in [-0.3, -0.25) is 0 Å². The molecule has 1 fully saturated rings. The third-order valence-corrected chi connectivity index (χ3v) is 4.80. The highest BCUT2D eigenvalue weighted by molar-refractivity contribution is 9.10. The number of piperidine rings is 1. The Balaban J connectivity index is 1.94. The zero-order chi connectivity index (χ0) is 15.2. The van der Waals surface area contributed by atoms with Crippen molar-refractivity contribution in [1.29, 1.82) is 0 Å². The lowest BCUT2D eigenvalue weighted by atomic mass is 9.96. The molecule has 1 aliphatic rings. The Morgan fingerprint density at radius 3 is 2.57 bits per heavy atom. The maximum absolute atomic E-state index is 3.75. The second-order valence-electron chi connectivity index (χ2n) is 6.26. The van der Waals surface area contributed by atoms with Crippen molar-refractivity contribution in [2.24, 2.45) is 5.92 Å². The molecule has 21 heavy (non-hydrogen) atoms. The van der Waals surface area contributed by atoms with Crippen LogP contribution in [0.15, 0.2) is 22.7 Å². The molecule has 1 aliphatic heterocycles. The number of hydrogen-bond acceptors (Lipinski definition) is 3. The number of rotatable bonds is 6. The lowest BCUT2D eigenvalue weighted by molar-refractivity contribution is 0.285. The maximum atomic E-state index is 3.75. The van der Waals surface area contributed by atoms with E-state index in [1.54, 1.807) is 0 Å². The Hall–Kier alpha value is -0.580. The van der Waals surface area contributed by atoms with Crippen molar-refractivity contribution < 1.29 is 0 Å². The summed E-state index contributed by atoms with van der Waals surface area (Å²) in [6.45, 7) is 7.66. The van der Waals surface area contributed by atoms with Crippen LogP contribution in [-0.2, 0) is 6.54 Å². The zero-order valence-electron chi connectivity index (χ0n) is 13.5. The first-order valence-corrected chi connectivity index (χ1v) is 8.78. The molecule has 0 amide bonds. The number of halogens is 1. The molecule has 4 heteroatoms. The van der Waals surface area contributed by atoms with Crippen LogP contribution in [-0.4, -0.2) is 45.2 Å². The number of anilines is 1. The van der Waals surface area contributed by atoms with Gasteiger partial charge in [0, 0.05) is 30.7 Å². The lowest BCUT2D eigenvalue weighted by Crippen LogP contribution is -2.37. The van der Waals surface area contributed by atoms with Gasteiger partial charge < -0.3 is 15.1 Å². The molecule has 0 radical (unpaired) electrons. The minimum Gasteiger partial charge on any atom is -0.371 e. The van der Waals surface area contributed by atoms with Crippen molar-refractivity contribution >= 4 is 21.6 Å². The normalized spacial score (nSPS) is 16.7. The molecular weight excluding hydrogens is 326 g/mol. The number of nitrogens with zero attached hydrogens (tertiary/aromatic N) is 2. The Morgan fingerprint density at radius 1 is 1.29 bits per heavy atom. The number of hydrogen-bond donors (Lipinski definition) is 1. The van der Waals surface area contributed by atoms with E-state index in [9.17, 15) is 0 Å². The molecule has 1 N–H and O–H groups in total. The maximum Gasteiger partial charge on any atom is 0.0510 e. The van der Waals surface area contributed by atoms with Gasteiger partial charge in [0.05, 0.1) is 5.69 Å². The van der Waals surface area contributed by atoms with Crippen molar-refractivity contribution in [3.63, 3.8) is 0 Å². The minimum atomic E-state index is 0.850. The van der Waals surface area contributed by atoms with E-state index < -0.39 is 0 Å². The predicted octanol–water partition coefficient (Wildman–Crippen LogP) is 3.34. The van der Waals surface area contributed by atoms with E-state index in [0.717, 1.165) is 19.0 Å². The van der Waals surface area contributed by atoms with Gasteiger partial charge >= 0.3 is 0 Å². The highest BCUT2D eigenvalue weighted by Gasteiger charge is 2.21. The smallest absolute Gasteiger partial charge is 0.0510 e. The van der Waals surface area contributed by atoms with Gasteiger partial charge in [0.1, 0.15) is 0 Å². The predicted molar refractivity (Wildman–Crippen MR) is 95.0 cm³/mol. The largest absolute Gasteiger partial charge is 0.371 e. The summed E-state index contributed by atoms with van der Waals surface area (Å²) in [5.74, 6) is 0.850. The SMILES string of the molecule is CCNCc1ccc(N2CCC(CN(C)C)CC2)c(Br)c1. The molecule has 1 aromatic rings. The summed E-state index contributed by atoms with van der Waals surface area (Å²) in [5, 5.41) is 3.38. The molecule has 0 bridgehead atoms. The van der Waals surface area contributed by atoms with Crippen LogP contribution in [0.25, 0.3) is 0 Å². The van der Waals surface area contributed by atoms with E-state index in [2.05, 4.69) is 70.3 Å². The Labute approximate surface area is 137 Å². The molecule has 0 aromatic heterocycles. The van der Waals surface area contributed by atoms with Crippen LogP contribution in [0.4, 0.5) is 5.69 Å². The van der Waals surface area contributed by atoms with Crippen LogP contribution in [0.2, 0.25) is 0 Å². The molecular formula is C17H28BrN3. The average Bonchev–Trinajstić information content (AvgIpc) is 2.46. The summed E-state index contributed by atoms with van der Waals surface area (Å²) in [4.78, 5) is 4.83. The quantitative estimate of drug-likeness (QED) is 0.845. The second-order valence-corrected chi connectivity index (χ2v) is 7.11. The van der Waals surface area contributed by atoms with Gasteiger partial charge in [0.25, 0.3) is 0 Å². The van der Waals surface area contributed by atoms with Gasteiger partial charge in [0.15, 0.2) is 0 Å². The van der Waals surface area contributed by atoms with Gasteiger partial charge in [0.2, 0.25) is 0 Å². The van der Waals surface area contributed by atoms with E-state index in [-0.39, 0.29) is 0 Å². The zero-order valence-corrected chi connectivity index (χ0v) is 15.1. The summed E-state index contributed by atoms with van der Waals surface area (Å²) < 4.78 is 1.23. The highest BCUT2D eigenvalue weighted by atomic mass is 79.9. The van der Waals surface area contributed by atoms with Crippen LogP contribution >= 0.6 is 15.9 Å². The highest BCUT2D eigenvalue weighted by Crippen LogP contribution is 2.31. The molecule has 0 spiro atoms. The molecule has 3 nitrogen and oxygen atoms in total. The first-order valence-electron chi connectivity index (χ1n) is 7.99. The fourth-order valence-electron chi connectivity index (χ4n) is 3.06. The van der Waals surface area contributed by atoms with Crippen molar-refractivity contribution in [3.05, 3.63) is 28.2 Å². The van der Waals surface area contributed by atoms with E-state index in [4.69, 9.17) is 0 Å². The van der Waals surface area contributed by atoms with Crippen LogP contribution < -0.4 is 10.2 Å². The number of benzene rings is 1. The monoisotopic (exact) mass is 353 g/mol. The summed E-state index contributed by atoms with van der Waals surface area (Å²) in [7, 11) is 4.35. The Bertz CT molecular complexity index is 440. The summed E-state index contributed by atoms with van der Waals surface area (Å²) in [5.41, 5.74) is 2.69. The Morgan fingerprint density at radius 2 is 2.00 bits per heavy atom. The van der Waals surface area contributed by atoms with Gasteiger partial charge in [-0.2, -0.15) is 0 Å². The molecule has 1 heterocycles. The van der Waals surface area contributed by atoms with E-state index in [0.29, 0.717) is 0 Å². The summed E-state index contributed by atoms with van der Waals surface area (Å²) in [6, 6.07) is 6.77. The van der Waals surface area contributed by atoms with E-state index in [1.165, 1.54) is 48.2 Å². The van der Waals surface area contributed by atoms with Crippen molar-refractivity contribution in [3.8, 4) is 0 Å². The molecule has 2 rings (SSSR count). The molecule has 0 aliphatic carbocycles. The van der Waals surface area contributed by atoms with Crippen LogP contribution in [0, 0.1) is 5.92 Å². The van der Waals surface area contributed by atoms with E-state index >= 15 is 0 Å². The molecule has 0 atom stereocenters. The third-order valence-electron chi connectivity index (χ3n) is 4.17. The topological polar surface area (TPSA) is 18.5 Å². The van der Waals surface area contributed by atoms with Gasteiger partial charge in [-0.1, -0.05) is 13.0 Å². The molecule has 0 saturated carbocycles. The second kappa shape index (κ2) is 8.16. The first kappa shape index (κ1) is 16.8. The first-order chi connectivity index (χ1) is 10.1. The van der Waals surface area contributed by atoms with Crippen LogP contribution in [0.1, 0.15) is 25.3 Å². The van der Waals surface area contributed by atoms with Gasteiger partial charge in [-0.15, -0.1) is 0 Å². The van der Waals surface area contributed by atoms with E-state index in [1.807, 2.05) is 0 Å². The molecule has 0 unspecified atom stereocenters. The van der Waals surface area contributed by atoms with Crippen LogP contribution in [0.5, 0.6) is 0 Å². The fraction of sp³-hybridized carbons (Fsp3) is 0.647. The van der Waals surface area contributed by atoms with Crippen LogP contribution in [0.3, 0.4) is 0 Å². The molecule has 118 valence electrons. The van der Waals surface area contributed by atoms with Crippen molar-refractivity contribution in [1.82, 2.24) is 10.2 Å². The third kappa shape index (κ3) is 4.97.